The molecule has 0 saturated heterocycles. The fraction of sp³-hybridized carbons (Fsp3) is 0.154. The van der Waals surface area contributed by atoms with Crippen molar-refractivity contribution in [1.29, 1.82) is 0 Å². The lowest BCUT2D eigenvalue weighted by Crippen LogP contribution is -2.12. The summed E-state index contributed by atoms with van der Waals surface area (Å²) in [7, 11) is 0. The van der Waals surface area contributed by atoms with Gasteiger partial charge in [-0.25, -0.2) is 9.59 Å². The van der Waals surface area contributed by atoms with Gasteiger partial charge >= 0.3 is 11.9 Å². The average molecular weight is 327 g/mol. The predicted octanol–water partition coefficient (Wildman–Crippen LogP) is 2.45. The fourth-order valence-corrected chi connectivity index (χ4v) is 1.68. The summed E-state index contributed by atoms with van der Waals surface area (Å²) in [5, 5.41) is 17.5. The molecule has 0 bridgehead atoms. The molecule has 100 valence electrons. The first-order chi connectivity index (χ1) is 8.82. The molecule has 0 aliphatic heterocycles. The molecule has 0 heterocycles. The lowest BCUT2D eigenvalue weighted by atomic mass is 9.99. The monoisotopic (exact) mass is 326 g/mol. The van der Waals surface area contributed by atoms with Crippen LogP contribution >= 0.6 is 15.9 Å². The van der Waals surface area contributed by atoms with Crippen LogP contribution in [0, 0.1) is 0 Å². The molecule has 1 aromatic carbocycles. The lowest BCUT2D eigenvalue weighted by Gasteiger charge is -2.08. The summed E-state index contributed by atoms with van der Waals surface area (Å²) < 4.78 is 0. The third-order valence-electron chi connectivity index (χ3n) is 2.33. The van der Waals surface area contributed by atoms with Gasteiger partial charge in [-0.2, -0.15) is 0 Å². The number of benzene rings is 1. The third kappa shape index (κ3) is 4.03. The van der Waals surface area contributed by atoms with Crippen molar-refractivity contribution in [2.45, 2.75) is 11.8 Å². The quantitative estimate of drug-likeness (QED) is 0.492. The number of Topliss-reactive ketones (excluding diaryl/α,β-unsaturated/α-hetero) is 1. The molecule has 1 aromatic rings. The number of hydrogen-bond acceptors (Lipinski definition) is 3. The number of aromatic carboxylic acids is 1. The number of halogens is 1. The first-order valence-corrected chi connectivity index (χ1v) is 6.21. The highest BCUT2D eigenvalue weighted by molar-refractivity contribution is 9.10. The predicted molar refractivity (Wildman–Crippen MR) is 72.8 cm³/mol. The van der Waals surface area contributed by atoms with Crippen LogP contribution in [0.2, 0.25) is 0 Å². The van der Waals surface area contributed by atoms with Crippen molar-refractivity contribution in [2.75, 3.05) is 0 Å². The average Bonchev–Trinajstić information content (AvgIpc) is 2.34. The molecule has 1 unspecified atom stereocenters. The largest absolute Gasteiger partial charge is 0.478 e. The molecule has 19 heavy (non-hydrogen) atoms. The number of carboxylic acid groups (broad SMARTS) is 2. The van der Waals surface area contributed by atoms with Crippen LogP contribution in [0.4, 0.5) is 0 Å². The zero-order valence-electron chi connectivity index (χ0n) is 9.96. The molecule has 1 rings (SSSR count). The Bertz CT molecular complexity index is 560. The van der Waals surface area contributed by atoms with Crippen LogP contribution in [0.15, 0.2) is 24.3 Å². The van der Waals surface area contributed by atoms with Gasteiger partial charge in [0.25, 0.3) is 0 Å². The molecule has 6 heteroatoms. The van der Waals surface area contributed by atoms with E-state index in [1.54, 1.807) is 6.92 Å². The van der Waals surface area contributed by atoms with Gasteiger partial charge in [0.2, 0.25) is 0 Å². The number of carbonyl (C=O) groups is 3. The van der Waals surface area contributed by atoms with Gasteiger partial charge in [-0.1, -0.05) is 15.9 Å². The molecule has 0 saturated carbocycles. The number of rotatable bonds is 5. The molecule has 5 nitrogen and oxygen atoms in total. The number of alkyl halides is 1. The van der Waals surface area contributed by atoms with Gasteiger partial charge in [0.15, 0.2) is 5.78 Å². The lowest BCUT2D eigenvalue weighted by molar-refractivity contribution is -0.131. The van der Waals surface area contributed by atoms with Crippen LogP contribution in [0.5, 0.6) is 0 Å². The maximum Gasteiger partial charge on any atom is 0.335 e. The van der Waals surface area contributed by atoms with E-state index >= 15 is 0 Å². The van der Waals surface area contributed by atoms with Crippen molar-refractivity contribution in [1.82, 2.24) is 0 Å². The van der Waals surface area contributed by atoms with Crippen LogP contribution < -0.4 is 0 Å². The zero-order chi connectivity index (χ0) is 14.6. The Labute approximate surface area is 117 Å². The Balaban J connectivity index is 3.34. The van der Waals surface area contributed by atoms with Crippen LogP contribution in [0.3, 0.4) is 0 Å². The van der Waals surface area contributed by atoms with E-state index in [1.165, 1.54) is 24.3 Å². The van der Waals surface area contributed by atoms with Gasteiger partial charge < -0.3 is 10.2 Å². The summed E-state index contributed by atoms with van der Waals surface area (Å²) in [5.41, 5.74) is 0.522. The fourth-order valence-electron chi connectivity index (χ4n) is 1.43. The van der Waals surface area contributed by atoms with Gasteiger partial charge in [-0.05, 0) is 36.8 Å². The molecule has 0 aliphatic carbocycles. The molecular formula is C13H11BrO5. The number of aliphatic carboxylic acids is 1. The standard InChI is InChI=1S/C13H11BrO5/c1-7(14)12(17)10-4-2-9(13(18)19)6-8(10)3-5-11(15)16/h2-7H,1H3,(H,15,16)(H,18,19). The van der Waals surface area contributed by atoms with Crippen LogP contribution in [0.1, 0.15) is 33.2 Å². The SMILES string of the molecule is CC(Br)C(=O)c1ccc(C(=O)O)cc1C=CC(=O)O. The Kier molecular flexibility index (Phi) is 5.00. The van der Waals surface area contributed by atoms with Crippen LogP contribution in [0.25, 0.3) is 6.08 Å². The molecule has 0 aromatic heterocycles. The van der Waals surface area contributed by atoms with Gasteiger partial charge in [-0.3, -0.25) is 4.79 Å². The van der Waals surface area contributed by atoms with Crippen molar-refractivity contribution >= 4 is 39.7 Å². The molecule has 0 aliphatic rings. The van der Waals surface area contributed by atoms with Crippen molar-refractivity contribution < 1.29 is 24.6 Å². The molecule has 0 spiro atoms. The number of ketones is 1. The molecule has 2 N–H and O–H groups in total. The van der Waals surface area contributed by atoms with E-state index in [9.17, 15) is 14.4 Å². The van der Waals surface area contributed by atoms with Crippen molar-refractivity contribution in [2.24, 2.45) is 0 Å². The zero-order valence-corrected chi connectivity index (χ0v) is 11.5. The summed E-state index contributed by atoms with van der Waals surface area (Å²) >= 11 is 3.13. The van der Waals surface area contributed by atoms with E-state index in [0.717, 1.165) is 6.08 Å². The van der Waals surface area contributed by atoms with Gasteiger partial charge in [0.05, 0.1) is 10.4 Å². The van der Waals surface area contributed by atoms with Gasteiger partial charge in [0.1, 0.15) is 0 Å². The molecule has 0 radical (unpaired) electrons. The van der Waals surface area contributed by atoms with Crippen LogP contribution in [-0.2, 0) is 4.79 Å². The van der Waals surface area contributed by atoms with E-state index in [0.29, 0.717) is 0 Å². The Morgan fingerprint density at radius 1 is 1.26 bits per heavy atom. The molecule has 0 fully saturated rings. The van der Waals surface area contributed by atoms with E-state index in [2.05, 4.69) is 15.9 Å². The molecule has 1 atom stereocenters. The highest BCUT2D eigenvalue weighted by atomic mass is 79.9. The first kappa shape index (κ1) is 15.1. The van der Waals surface area contributed by atoms with Crippen LogP contribution in [-0.4, -0.2) is 32.8 Å². The summed E-state index contributed by atoms with van der Waals surface area (Å²) in [6, 6.07) is 3.96. The highest BCUT2D eigenvalue weighted by Crippen LogP contribution is 2.18. The normalized spacial score (nSPS) is 12.3. The third-order valence-corrected chi connectivity index (χ3v) is 2.75. The van der Waals surface area contributed by atoms with E-state index in [1.807, 2.05) is 0 Å². The van der Waals surface area contributed by atoms with Crippen molar-refractivity contribution in [3.63, 3.8) is 0 Å². The second-order valence-electron chi connectivity index (χ2n) is 3.76. The summed E-state index contributed by atoms with van der Waals surface area (Å²) in [4.78, 5) is 32.9. The second-order valence-corrected chi connectivity index (χ2v) is 5.13. The van der Waals surface area contributed by atoms with E-state index in [4.69, 9.17) is 10.2 Å². The Morgan fingerprint density at radius 3 is 2.37 bits per heavy atom. The summed E-state index contributed by atoms with van der Waals surface area (Å²) in [5.74, 6) is -2.57. The Morgan fingerprint density at radius 2 is 1.89 bits per heavy atom. The number of hydrogen-bond donors (Lipinski definition) is 2. The maximum atomic E-state index is 11.9. The minimum Gasteiger partial charge on any atom is -0.478 e. The van der Waals surface area contributed by atoms with E-state index in [-0.39, 0.29) is 22.5 Å². The van der Waals surface area contributed by atoms with Gasteiger partial charge in [0, 0.05) is 11.6 Å². The topological polar surface area (TPSA) is 91.7 Å². The minimum absolute atomic E-state index is 0.0104. The maximum absolute atomic E-state index is 11.9. The van der Waals surface area contributed by atoms with Gasteiger partial charge in [-0.15, -0.1) is 0 Å². The van der Waals surface area contributed by atoms with Crippen molar-refractivity contribution in [3.8, 4) is 0 Å². The van der Waals surface area contributed by atoms with Crippen molar-refractivity contribution in [3.05, 3.63) is 41.0 Å². The first-order valence-electron chi connectivity index (χ1n) is 5.29. The molecular weight excluding hydrogens is 316 g/mol. The minimum atomic E-state index is -1.17. The summed E-state index contributed by atoms with van der Waals surface area (Å²) in [6.45, 7) is 1.64. The van der Waals surface area contributed by atoms with E-state index < -0.39 is 16.8 Å². The second kappa shape index (κ2) is 6.29. The molecule has 0 amide bonds. The smallest absolute Gasteiger partial charge is 0.335 e. The highest BCUT2D eigenvalue weighted by Gasteiger charge is 2.16. The number of carboxylic acids is 2. The Hall–Kier alpha value is -1.95. The summed E-state index contributed by atoms with van der Waals surface area (Å²) in [6.07, 6.45) is 2.06. The number of carbonyl (C=O) groups excluding carboxylic acids is 1.